The number of benzene rings is 2. The average Bonchev–Trinajstić information content (AvgIpc) is 2.52. The summed E-state index contributed by atoms with van der Waals surface area (Å²) in [5.74, 6) is -0.901. The van der Waals surface area contributed by atoms with Gasteiger partial charge in [-0.05, 0) is 42.3 Å². The second kappa shape index (κ2) is 7.95. The van der Waals surface area contributed by atoms with Gasteiger partial charge < -0.3 is 5.32 Å². The number of carbonyl (C=O) groups is 1. The molecule has 0 fully saturated rings. The van der Waals surface area contributed by atoms with Crippen molar-refractivity contribution in [2.75, 3.05) is 18.1 Å². The summed E-state index contributed by atoms with van der Waals surface area (Å²) in [6.45, 7) is 1.37. The van der Waals surface area contributed by atoms with Crippen molar-refractivity contribution in [1.82, 2.24) is 4.31 Å². The van der Waals surface area contributed by atoms with Crippen LogP contribution in [-0.2, 0) is 21.4 Å². The highest BCUT2D eigenvalue weighted by molar-refractivity contribution is 7.88. The third-order valence-corrected chi connectivity index (χ3v) is 5.21. The number of nitrogens with zero attached hydrogens (tertiary/aromatic N) is 1. The zero-order chi connectivity index (χ0) is 18.6. The van der Waals surface area contributed by atoms with Gasteiger partial charge in [-0.3, -0.25) is 4.79 Å². The van der Waals surface area contributed by atoms with Crippen molar-refractivity contribution in [3.63, 3.8) is 0 Å². The topological polar surface area (TPSA) is 66.5 Å². The highest BCUT2D eigenvalue weighted by atomic mass is 35.5. The molecule has 0 aliphatic heterocycles. The van der Waals surface area contributed by atoms with Crippen molar-refractivity contribution < 1.29 is 17.6 Å². The fraction of sp³-hybridized carbons (Fsp3) is 0.235. The van der Waals surface area contributed by atoms with Gasteiger partial charge in [0.1, 0.15) is 5.82 Å². The van der Waals surface area contributed by atoms with Gasteiger partial charge in [-0.25, -0.2) is 12.8 Å². The van der Waals surface area contributed by atoms with Gasteiger partial charge in [-0.15, -0.1) is 0 Å². The Morgan fingerprint density at radius 3 is 2.44 bits per heavy atom. The van der Waals surface area contributed by atoms with E-state index in [1.807, 2.05) is 0 Å². The Labute approximate surface area is 151 Å². The molecule has 0 atom stereocenters. The predicted octanol–water partition coefficient (Wildman–Crippen LogP) is 3.19. The van der Waals surface area contributed by atoms with E-state index in [9.17, 15) is 17.6 Å². The number of sulfonamides is 1. The monoisotopic (exact) mass is 384 g/mol. The molecule has 2 aromatic rings. The zero-order valence-electron chi connectivity index (χ0n) is 13.8. The van der Waals surface area contributed by atoms with E-state index in [0.29, 0.717) is 21.8 Å². The van der Waals surface area contributed by atoms with E-state index in [0.717, 1.165) is 10.6 Å². The lowest BCUT2D eigenvalue weighted by Crippen LogP contribution is -2.37. The Kier molecular flexibility index (Phi) is 6.16. The molecule has 2 aromatic carbocycles. The molecule has 0 aliphatic carbocycles. The van der Waals surface area contributed by atoms with Gasteiger partial charge in [0.25, 0.3) is 0 Å². The van der Waals surface area contributed by atoms with Crippen molar-refractivity contribution in [2.45, 2.75) is 13.5 Å². The summed E-state index contributed by atoms with van der Waals surface area (Å²) in [6.07, 6.45) is 1.02. The number of anilines is 1. The van der Waals surface area contributed by atoms with Crippen LogP contribution in [0.3, 0.4) is 0 Å². The molecule has 0 saturated heterocycles. The van der Waals surface area contributed by atoms with Gasteiger partial charge in [0.2, 0.25) is 15.9 Å². The number of amides is 1. The average molecular weight is 385 g/mol. The van der Waals surface area contributed by atoms with Gasteiger partial charge in [0, 0.05) is 17.3 Å². The molecule has 134 valence electrons. The van der Waals surface area contributed by atoms with E-state index in [2.05, 4.69) is 5.32 Å². The van der Waals surface area contributed by atoms with E-state index >= 15 is 0 Å². The van der Waals surface area contributed by atoms with Gasteiger partial charge in [0.15, 0.2) is 0 Å². The minimum atomic E-state index is -3.63. The molecule has 8 heteroatoms. The Bertz CT molecular complexity index is 870. The van der Waals surface area contributed by atoms with Gasteiger partial charge >= 0.3 is 0 Å². The van der Waals surface area contributed by atoms with Crippen LogP contribution in [0, 0.1) is 12.7 Å². The number of halogens is 2. The summed E-state index contributed by atoms with van der Waals surface area (Å²) in [6, 6.07) is 10.5. The lowest BCUT2D eigenvalue weighted by atomic mass is 10.2. The minimum Gasteiger partial charge on any atom is -0.325 e. The maximum Gasteiger partial charge on any atom is 0.239 e. The summed E-state index contributed by atoms with van der Waals surface area (Å²) in [4.78, 5) is 12.3. The number of hydrogen-bond donors (Lipinski definition) is 1. The van der Waals surface area contributed by atoms with Crippen molar-refractivity contribution >= 4 is 33.2 Å². The summed E-state index contributed by atoms with van der Waals surface area (Å²) >= 11 is 6.01. The summed E-state index contributed by atoms with van der Waals surface area (Å²) in [7, 11) is -3.63. The van der Waals surface area contributed by atoms with E-state index < -0.39 is 21.7 Å². The maximum atomic E-state index is 13.0. The molecule has 1 N–H and O–H groups in total. The predicted molar refractivity (Wildman–Crippen MR) is 96.5 cm³/mol. The maximum absolute atomic E-state index is 13.0. The first-order valence-corrected chi connectivity index (χ1v) is 9.64. The van der Waals surface area contributed by atoms with Crippen LogP contribution in [0.15, 0.2) is 42.5 Å². The quantitative estimate of drug-likeness (QED) is 0.831. The summed E-state index contributed by atoms with van der Waals surface area (Å²) in [5, 5.41) is 3.16. The number of carbonyl (C=O) groups excluding carboxylic acids is 1. The Balaban J connectivity index is 2.12. The second-order valence-electron chi connectivity index (χ2n) is 5.62. The van der Waals surface area contributed by atoms with Crippen LogP contribution in [0.4, 0.5) is 10.1 Å². The summed E-state index contributed by atoms with van der Waals surface area (Å²) < 4.78 is 37.9. The van der Waals surface area contributed by atoms with Crippen LogP contribution in [0.1, 0.15) is 11.1 Å². The molecule has 0 radical (unpaired) electrons. The SMILES string of the molecule is Cc1c(Cl)cccc1NC(=O)CN(Cc1ccc(F)cc1)S(C)(=O)=O. The molecule has 0 unspecified atom stereocenters. The molecule has 0 bridgehead atoms. The fourth-order valence-electron chi connectivity index (χ4n) is 2.18. The first kappa shape index (κ1) is 19.4. The lowest BCUT2D eigenvalue weighted by molar-refractivity contribution is -0.116. The molecule has 0 aliphatic rings. The van der Waals surface area contributed by atoms with E-state index in [4.69, 9.17) is 11.6 Å². The molecule has 0 aromatic heterocycles. The van der Waals surface area contributed by atoms with Gasteiger partial charge in [-0.1, -0.05) is 29.8 Å². The van der Waals surface area contributed by atoms with E-state index in [1.54, 1.807) is 25.1 Å². The number of nitrogens with one attached hydrogen (secondary N) is 1. The first-order valence-electron chi connectivity index (χ1n) is 7.41. The van der Waals surface area contributed by atoms with Crippen LogP contribution in [0.25, 0.3) is 0 Å². The Morgan fingerprint density at radius 2 is 1.84 bits per heavy atom. The molecule has 1 amide bonds. The molecular formula is C17H18ClFN2O3S. The molecule has 0 spiro atoms. The largest absolute Gasteiger partial charge is 0.325 e. The molecular weight excluding hydrogens is 367 g/mol. The number of rotatable bonds is 6. The van der Waals surface area contributed by atoms with Crippen molar-refractivity contribution in [3.05, 3.63) is 64.4 Å². The molecule has 0 saturated carbocycles. The highest BCUT2D eigenvalue weighted by Gasteiger charge is 2.21. The summed E-state index contributed by atoms with van der Waals surface area (Å²) in [5.41, 5.74) is 1.80. The smallest absolute Gasteiger partial charge is 0.239 e. The van der Waals surface area contributed by atoms with Gasteiger partial charge in [-0.2, -0.15) is 4.31 Å². The van der Waals surface area contributed by atoms with Crippen LogP contribution < -0.4 is 5.32 Å². The van der Waals surface area contributed by atoms with Crippen LogP contribution in [0.2, 0.25) is 5.02 Å². The lowest BCUT2D eigenvalue weighted by Gasteiger charge is -2.20. The van der Waals surface area contributed by atoms with E-state index in [1.165, 1.54) is 24.3 Å². The van der Waals surface area contributed by atoms with Crippen molar-refractivity contribution in [2.24, 2.45) is 0 Å². The highest BCUT2D eigenvalue weighted by Crippen LogP contribution is 2.23. The Hall–Kier alpha value is -1.96. The third kappa shape index (κ3) is 5.52. The standard InChI is InChI=1S/C17H18ClFN2O3S/c1-12-15(18)4-3-5-16(12)20-17(22)11-21(25(2,23)24)10-13-6-8-14(19)9-7-13/h3-9H,10-11H2,1-2H3,(H,20,22). The zero-order valence-corrected chi connectivity index (χ0v) is 15.4. The van der Waals surface area contributed by atoms with Crippen LogP contribution in [0.5, 0.6) is 0 Å². The third-order valence-electron chi connectivity index (χ3n) is 3.60. The van der Waals surface area contributed by atoms with Crippen molar-refractivity contribution in [1.29, 1.82) is 0 Å². The number of hydrogen-bond acceptors (Lipinski definition) is 3. The molecule has 2 rings (SSSR count). The first-order chi connectivity index (χ1) is 11.7. The Morgan fingerprint density at radius 1 is 1.20 bits per heavy atom. The molecule has 0 heterocycles. The van der Waals surface area contributed by atoms with Crippen molar-refractivity contribution in [3.8, 4) is 0 Å². The van der Waals surface area contributed by atoms with Crippen LogP contribution >= 0.6 is 11.6 Å². The fourth-order valence-corrected chi connectivity index (χ4v) is 3.09. The van der Waals surface area contributed by atoms with E-state index in [-0.39, 0.29) is 13.1 Å². The normalized spacial score (nSPS) is 11.6. The second-order valence-corrected chi connectivity index (χ2v) is 8.01. The molecule has 5 nitrogen and oxygen atoms in total. The van der Waals surface area contributed by atoms with Gasteiger partial charge in [0.05, 0.1) is 12.8 Å². The minimum absolute atomic E-state index is 0.0267. The molecule has 25 heavy (non-hydrogen) atoms. The van der Waals surface area contributed by atoms with Crippen LogP contribution in [-0.4, -0.2) is 31.4 Å².